The predicted octanol–water partition coefficient (Wildman–Crippen LogP) is 2.55. The van der Waals surface area contributed by atoms with E-state index in [0.29, 0.717) is 0 Å². The largest absolute Gasteiger partial charge is 0.411 e. The van der Waals surface area contributed by atoms with Crippen LogP contribution < -0.4 is 10.7 Å². The van der Waals surface area contributed by atoms with Crippen LogP contribution in [0.2, 0.25) is 0 Å². The minimum absolute atomic E-state index is 0.0718. The second-order valence-corrected chi connectivity index (χ2v) is 4.37. The van der Waals surface area contributed by atoms with Crippen LogP contribution >= 0.6 is 0 Å². The van der Waals surface area contributed by atoms with Crippen LogP contribution in [0.15, 0.2) is 18.2 Å². The van der Waals surface area contributed by atoms with Gasteiger partial charge in [-0.25, -0.2) is 0 Å². The van der Waals surface area contributed by atoms with E-state index in [2.05, 4.69) is 32.9 Å². The summed E-state index contributed by atoms with van der Waals surface area (Å²) in [5, 5.41) is 0. The zero-order chi connectivity index (χ0) is 10.1. The molecule has 0 heterocycles. The van der Waals surface area contributed by atoms with Crippen molar-refractivity contribution in [1.29, 1.82) is 0 Å². The van der Waals surface area contributed by atoms with Crippen LogP contribution in [0.3, 0.4) is 0 Å². The minimum Gasteiger partial charge on any atom is -0.411 e. The van der Waals surface area contributed by atoms with Crippen LogP contribution in [0, 0.1) is 6.92 Å². The minimum atomic E-state index is 0.0718. The Labute approximate surface area is 79.7 Å². The molecule has 0 amide bonds. The van der Waals surface area contributed by atoms with E-state index in [1.165, 1.54) is 0 Å². The van der Waals surface area contributed by atoms with E-state index in [1.807, 2.05) is 13.0 Å². The van der Waals surface area contributed by atoms with Crippen LogP contribution in [0.4, 0.5) is 0 Å². The van der Waals surface area contributed by atoms with Gasteiger partial charge in [-0.05, 0) is 24.0 Å². The first-order valence-electron chi connectivity index (χ1n) is 4.43. The van der Waals surface area contributed by atoms with Gasteiger partial charge in [-0.1, -0.05) is 32.9 Å². The third-order valence-electron chi connectivity index (χ3n) is 2.07. The molecule has 0 bridgehead atoms. The Balaban J connectivity index is 3.22. The zero-order valence-electron chi connectivity index (χ0n) is 8.72. The Morgan fingerprint density at radius 1 is 1.23 bits per heavy atom. The first-order chi connectivity index (χ1) is 5.95. The number of rotatable bonds is 1. The average Bonchev–Trinajstić information content (AvgIpc) is 2.01. The van der Waals surface area contributed by atoms with Crippen molar-refractivity contribution in [3.05, 3.63) is 29.3 Å². The normalized spacial score (nSPS) is 11.5. The molecular weight excluding hydrogens is 162 g/mol. The maximum absolute atomic E-state index is 5.22. The molecule has 0 atom stereocenters. The highest BCUT2D eigenvalue weighted by molar-refractivity contribution is 5.41. The standard InChI is InChI=1S/C11H17NO/c1-8-5-6-9(11(2,3)4)10(7-8)13-12/h5-7H,12H2,1-4H3. The van der Waals surface area contributed by atoms with E-state index < -0.39 is 0 Å². The van der Waals surface area contributed by atoms with Crippen LogP contribution in [-0.2, 0) is 5.41 Å². The van der Waals surface area contributed by atoms with Crippen LogP contribution in [0.25, 0.3) is 0 Å². The van der Waals surface area contributed by atoms with E-state index in [0.717, 1.165) is 16.9 Å². The van der Waals surface area contributed by atoms with Gasteiger partial charge in [0.05, 0.1) is 0 Å². The zero-order valence-corrected chi connectivity index (χ0v) is 8.72. The fourth-order valence-corrected chi connectivity index (χ4v) is 1.35. The van der Waals surface area contributed by atoms with Crippen molar-refractivity contribution in [1.82, 2.24) is 0 Å². The lowest BCUT2D eigenvalue weighted by molar-refractivity contribution is 0.324. The Hall–Kier alpha value is -1.02. The SMILES string of the molecule is Cc1ccc(C(C)(C)C)c(ON)c1. The van der Waals surface area contributed by atoms with Crippen LogP contribution in [0.5, 0.6) is 5.75 Å². The van der Waals surface area contributed by atoms with Crippen LogP contribution in [0.1, 0.15) is 31.9 Å². The van der Waals surface area contributed by atoms with E-state index in [1.54, 1.807) is 0 Å². The number of aryl methyl sites for hydroxylation is 1. The van der Waals surface area contributed by atoms with Crippen molar-refractivity contribution in [2.75, 3.05) is 0 Å². The Bertz CT molecular complexity index is 299. The molecule has 1 rings (SSSR count). The average molecular weight is 179 g/mol. The lowest BCUT2D eigenvalue weighted by atomic mass is 9.86. The molecule has 0 unspecified atom stereocenters. The maximum atomic E-state index is 5.22. The fraction of sp³-hybridized carbons (Fsp3) is 0.455. The third-order valence-corrected chi connectivity index (χ3v) is 2.07. The highest BCUT2D eigenvalue weighted by Crippen LogP contribution is 2.31. The highest BCUT2D eigenvalue weighted by atomic mass is 16.6. The van der Waals surface area contributed by atoms with Gasteiger partial charge in [0.15, 0.2) is 5.75 Å². The molecule has 72 valence electrons. The molecule has 0 radical (unpaired) electrons. The molecule has 0 saturated heterocycles. The molecule has 0 fully saturated rings. The quantitative estimate of drug-likeness (QED) is 0.672. The van der Waals surface area contributed by atoms with Gasteiger partial charge in [0.1, 0.15) is 0 Å². The van der Waals surface area contributed by atoms with E-state index in [9.17, 15) is 0 Å². The summed E-state index contributed by atoms with van der Waals surface area (Å²) in [6.07, 6.45) is 0. The van der Waals surface area contributed by atoms with Crippen molar-refractivity contribution < 1.29 is 4.84 Å². The lowest BCUT2D eigenvalue weighted by Crippen LogP contribution is -2.15. The van der Waals surface area contributed by atoms with Gasteiger partial charge in [-0.3, -0.25) is 0 Å². The van der Waals surface area contributed by atoms with Gasteiger partial charge < -0.3 is 4.84 Å². The second-order valence-electron chi connectivity index (χ2n) is 4.37. The third kappa shape index (κ3) is 2.22. The molecule has 0 aromatic heterocycles. The molecule has 2 nitrogen and oxygen atoms in total. The van der Waals surface area contributed by atoms with Crippen molar-refractivity contribution in [3.8, 4) is 5.75 Å². The van der Waals surface area contributed by atoms with E-state index in [-0.39, 0.29) is 5.41 Å². The molecule has 0 aliphatic carbocycles. The predicted molar refractivity (Wildman–Crippen MR) is 54.7 cm³/mol. The topological polar surface area (TPSA) is 35.2 Å². The van der Waals surface area contributed by atoms with Gasteiger partial charge in [0.2, 0.25) is 0 Å². The second kappa shape index (κ2) is 3.38. The molecule has 2 heteroatoms. The fourth-order valence-electron chi connectivity index (χ4n) is 1.35. The molecule has 13 heavy (non-hydrogen) atoms. The molecule has 1 aromatic carbocycles. The van der Waals surface area contributed by atoms with Gasteiger partial charge in [0.25, 0.3) is 0 Å². The number of hydrogen-bond donors (Lipinski definition) is 1. The molecular formula is C11H17NO. The lowest BCUT2D eigenvalue weighted by Gasteiger charge is -2.21. The molecule has 0 spiro atoms. The summed E-state index contributed by atoms with van der Waals surface area (Å²) in [5.74, 6) is 5.99. The van der Waals surface area contributed by atoms with Crippen LogP contribution in [-0.4, -0.2) is 0 Å². The van der Waals surface area contributed by atoms with E-state index in [4.69, 9.17) is 10.7 Å². The van der Waals surface area contributed by atoms with Crippen molar-refractivity contribution in [2.24, 2.45) is 5.90 Å². The first-order valence-corrected chi connectivity index (χ1v) is 4.43. The maximum Gasteiger partial charge on any atom is 0.150 e. The van der Waals surface area contributed by atoms with Gasteiger partial charge >= 0.3 is 0 Å². The van der Waals surface area contributed by atoms with Crippen molar-refractivity contribution in [2.45, 2.75) is 33.1 Å². The molecule has 0 aliphatic rings. The number of benzene rings is 1. The summed E-state index contributed by atoms with van der Waals surface area (Å²) in [5.41, 5.74) is 2.37. The Morgan fingerprint density at radius 3 is 2.31 bits per heavy atom. The van der Waals surface area contributed by atoms with E-state index >= 15 is 0 Å². The molecule has 0 saturated carbocycles. The van der Waals surface area contributed by atoms with Crippen molar-refractivity contribution >= 4 is 0 Å². The highest BCUT2D eigenvalue weighted by Gasteiger charge is 2.18. The Kier molecular flexibility index (Phi) is 2.62. The van der Waals surface area contributed by atoms with Crippen molar-refractivity contribution in [3.63, 3.8) is 0 Å². The summed E-state index contributed by atoms with van der Waals surface area (Å²) >= 11 is 0. The summed E-state index contributed by atoms with van der Waals surface area (Å²) in [7, 11) is 0. The number of nitrogens with two attached hydrogens (primary N) is 1. The summed E-state index contributed by atoms with van der Waals surface area (Å²) in [4.78, 5) is 4.85. The molecule has 2 N–H and O–H groups in total. The number of hydrogen-bond acceptors (Lipinski definition) is 2. The van der Waals surface area contributed by atoms with Gasteiger partial charge in [0, 0.05) is 5.56 Å². The Morgan fingerprint density at radius 2 is 1.85 bits per heavy atom. The molecule has 0 aliphatic heterocycles. The summed E-state index contributed by atoms with van der Waals surface area (Å²) in [6, 6.07) is 6.10. The smallest absolute Gasteiger partial charge is 0.150 e. The summed E-state index contributed by atoms with van der Waals surface area (Å²) < 4.78 is 0. The van der Waals surface area contributed by atoms with Gasteiger partial charge in [-0.2, -0.15) is 5.90 Å². The summed E-state index contributed by atoms with van der Waals surface area (Å²) in [6.45, 7) is 8.44. The molecule has 1 aromatic rings. The first kappa shape index (κ1) is 10.1. The monoisotopic (exact) mass is 179 g/mol. The van der Waals surface area contributed by atoms with Gasteiger partial charge in [-0.15, -0.1) is 0 Å².